The van der Waals surface area contributed by atoms with E-state index in [9.17, 15) is 0 Å². The number of hydrogen-bond acceptors (Lipinski definition) is 2. The summed E-state index contributed by atoms with van der Waals surface area (Å²) in [6, 6.07) is 8.29. The average Bonchev–Trinajstić information content (AvgIpc) is 2.28. The molecular weight excluding hydrogens is 212 g/mol. The second-order valence-electron chi connectivity index (χ2n) is 5.79. The van der Waals surface area contributed by atoms with E-state index < -0.39 is 0 Å². The fourth-order valence-corrected chi connectivity index (χ4v) is 3.15. The fraction of sp³-hybridized carbons (Fsp3) is 0.600. The topological polar surface area (TPSA) is 18.5 Å². The molecule has 0 radical (unpaired) electrons. The standard InChI is InChI=1S/C15H20O2/c1-10-8-9-12-14(16-10)11-6-4-5-7-13(11)17-15(12,2)3/h4-7,10,12,14H,8-9H2,1-3H3/t10-,12-,14+/m1/s1. The van der Waals surface area contributed by atoms with Gasteiger partial charge in [-0.3, -0.25) is 0 Å². The second kappa shape index (κ2) is 3.74. The molecule has 3 rings (SSSR count). The molecule has 0 unspecified atom stereocenters. The Morgan fingerprint density at radius 1 is 1.18 bits per heavy atom. The minimum Gasteiger partial charge on any atom is -0.487 e. The predicted molar refractivity (Wildman–Crippen MR) is 67.2 cm³/mol. The largest absolute Gasteiger partial charge is 0.487 e. The van der Waals surface area contributed by atoms with Crippen LogP contribution in [0, 0.1) is 5.92 Å². The van der Waals surface area contributed by atoms with E-state index in [4.69, 9.17) is 9.47 Å². The number of ether oxygens (including phenoxy) is 2. The molecule has 3 atom stereocenters. The molecule has 17 heavy (non-hydrogen) atoms. The van der Waals surface area contributed by atoms with Crippen molar-refractivity contribution < 1.29 is 9.47 Å². The highest BCUT2D eigenvalue weighted by atomic mass is 16.5. The molecule has 0 bridgehead atoms. The molecule has 0 aromatic heterocycles. The van der Waals surface area contributed by atoms with Crippen LogP contribution in [-0.4, -0.2) is 11.7 Å². The van der Waals surface area contributed by atoms with Gasteiger partial charge in [-0.05, 0) is 39.7 Å². The van der Waals surface area contributed by atoms with Crippen LogP contribution in [0.2, 0.25) is 0 Å². The maximum atomic E-state index is 6.17. The summed E-state index contributed by atoms with van der Waals surface area (Å²) >= 11 is 0. The van der Waals surface area contributed by atoms with Gasteiger partial charge in [0.2, 0.25) is 0 Å². The average molecular weight is 232 g/mol. The molecule has 2 aliphatic rings. The van der Waals surface area contributed by atoms with E-state index in [0.717, 1.165) is 12.2 Å². The van der Waals surface area contributed by atoms with Crippen LogP contribution in [0.3, 0.4) is 0 Å². The van der Waals surface area contributed by atoms with Crippen LogP contribution in [0.5, 0.6) is 5.75 Å². The third kappa shape index (κ3) is 1.75. The van der Waals surface area contributed by atoms with Crippen molar-refractivity contribution in [2.24, 2.45) is 5.92 Å². The number of benzene rings is 1. The summed E-state index contributed by atoms with van der Waals surface area (Å²) in [5.74, 6) is 1.46. The lowest BCUT2D eigenvalue weighted by atomic mass is 9.75. The molecule has 1 aromatic carbocycles. The van der Waals surface area contributed by atoms with E-state index in [1.807, 2.05) is 6.07 Å². The van der Waals surface area contributed by atoms with Crippen LogP contribution in [0.15, 0.2) is 24.3 Å². The van der Waals surface area contributed by atoms with Gasteiger partial charge < -0.3 is 9.47 Å². The lowest BCUT2D eigenvalue weighted by molar-refractivity contribution is -0.144. The van der Waals surface area contributed by atoms with Crippen molar-refractivity contribution in [3.8, 4) is 5.75 Å². The number of fused-ring (bicyclic) bond motifs is 3. The van der Waals surface area contributed by atoms with Crippen LogP contribution in [0.1, 0.15) is 45.3 Å². The first-order valence-electron chi connectivity index (χ1n) is 6.51. The molecule has 2 heteroatoms. The summed E-state index contributed by atoms with van der Waals surface area (Å²) in [7, 11) is 0. The molecule has 1 aromatic rings. The summed E-state index contributed by atoms with van der Waals surface area (Å²) in [6.45, 7) is 6.53. The van der Waals surface area contributed by atoms with E-state index in [-0.39, 0.29) is 11.7 Å². The van der Waals surface area contributed by atoms with E-state index in [2.05, 4.69) is 39.0 Å². The Kier molecular flexibility index (Phi) is 2.44. The van der Waals surface area contributed by atoms with Gasteiger partial charge in [0.15, 0.2) is 0 Å². The molecule has 92 valence electrons. The predicted octanol–water partition coefficient (Wildman–Crippen LogP) is 3.71. The van der Waals surface area contributed by atoms with Gasteiger partial charge in [0, 0.05) is 11.5 Å². The van der Waals surface area contributed by atoms with Gasteiger partial charge in [0.1, 0.15) is 11.4 Å². The van der Waals surface area contributed by atoms with Gasteiger partial charge in [-0.25, -0.2) is 0 Å². The van der Waals surface area contributed by atoms with Gasteiger partial charge in [-0.1, -0.05) is 18.2 Å². The smallest absolute Gasteiger partial charge is 0.125 e. The van der Waals surface area contributed by atoms with Crippen LogP contribution in [0.25, 0.3) is 0 Å². The zero-order valence-corrected chi connectivity index (χ0v) is 10.8. The van der Waals surface area contributed by atoms with Crippen molar-refractivity contribution >= 4 is 0 Å². The van der Waals surface area contributed by atoms with Crippen molar-refractivity contribution in [1.82, 2.24) is 0 Å². The van der Waals surface area contributed by atoms with Gasteiger partial charge in [0.25, 0.3) is 0 Å². The molecule has 1 fully saturated rings. The summed E-state index contributed by atoms with van der Waals surface area (Å²) in [6.07, 6.45) is 2.89. The normalized spacial score (nSPS) is 34.4. The van der Waals surface area contributed by atoms with Gasteiger partial charge in [0.05, 0.1) is 12.2 Å². The van der Waals surface area contributed by atoms with Crippen molar-refractivity contribution in [2.75, 3.05) is 0 Å². The van der Waals surface area contributed by atoms with E-state index >= 15 is 0 Å². The van der Waals surface area contributed by atoms with Crippen molar-refractivity contribution in [2.45, 2.75) is 51.4 Å². The molecule has 0 amide bonds. The number of hydrogen-bond donors (Lipinski definition) is 0. The Balaban J connectivity index is 2.05. The molecule has 0 N–H and O–H groups in total. The Morgan fingerprint density at radius 2 is 1.94 bits per heavy atom. The Labute approximate surface area is 103 Å². The van der Waals surface area contributed by atoms with Crippen LogP contribution in [-0.2, 0) is 4.74 Å². The van der Waals surface area contributed by atoms with E-state index in [0.29, 0.717) is 12.0 Å². The summed E-state index contributed by atoms with van der Waals surface area (Å²) in [5.41, 5.74) is 1.10. The first-order chi connectivity index (χ1) is 8.08. The Morgan fingerprint density at radius 3 is 2.76 bits per heavy atom. The molecule has 0 aliphatic carbocycles. The molecule has 2 aliphatic heterocycles. The first kappa shape index (κ1) is 11.1. The highest BCUT2D eigenvalue weighted by Gasteiger charge is 2.46. The third-order valence-electron chi connectivity index (χ3n) is 4.12. The van der Waals surface area contributed by atoms with E-state index in [1.165, 1.54) is 12.0 Å². The highest BCUT2D eigenvalue weighted by molar-refractivity contribution is 5.39. The second-order valence-corrected chi connectivity index (χ2v) is 5.79. The van der Waals surface area contributed by atoms with Crippen molar-refractivity contribution in [3.05, 3.63) is 29.8 Å². The van der Waals surface area contributed by atoms with E-state index in [1.54, 1.807) is 0 Å². The van der Waals surface area contributed by atoms with Crippen LogP contribution in [0.4, 0.5) is 0 Å². The zero-order valence-electron chi connectivity index (χ0n) is 10.8. The lowest BCUT2D eigenvalue weighted by Gasteiger charge is -2.48. The maximum Gasteiger partial charge on any atom is 0.125 e. The molecule has 1 saturated heterocycles. The molecular formula is C15H20O2. The van der Waals surface area contributed by atoms with Crippen LogP contribution >= 0.6 is 0 Å². The highest BCUT2D eigenvalue weighted by Crippen LogP contribution is 2.50. The monoisotopic (exact) mass is 232 g/mol. The number of rotatable bonds is 0. The van der Waals surface area contributed by atoms with Crippen molar-refractivity contribution in [1.29, 1.82) is 0 Å². The lowest BCUT2D eigenvalue weighted by Crippen LogP contribution is -2.48. The van der Waals surface area contributed by atoms with Crippen molar-refractivity contribution in [3.63, 3.8) is 0 Å². The molecule has 0 saturated carbocycles. The SMILES string of the molecule is C[C@@H]1CC[C@@H]2[C@@H](O1)c1ccccc1OC2(C)C. The zero-order chi connectivity index (χ0) is 12.0. The number of para-hydroxylation sites is 1. The molecule has 0 spiro atoms. The first-order valence-corrected chi connectivity index (χ1v) is 6.51. The van der Waals surface area contributed by atoms with Gasteiger partial charge >= 0.3 is 0 Å². The summed E-state index contributed by atoms with van der Waals surface area (Å²) in [4.78, 5) is 0. The third-order valence-corrected chi connectivity index (χ3v) is 4.12. The summed E-state index contributed by atoms with van der Waals surface area (Å²) in [5, 5.41) is 0. The minimum atomic E-state index is -0.126. The summed E-state index contributed by atoms with van der Waals surface area (Å²) < 4.78 is 12.3. The molecule has 2 heterocycles. The Hall–Kier alpha value is -1.02. The van der Waals surface area contributed by atoms with Gasteiger partial charge in [-0.15, -0.1) is 0 Å². The Bertz CT molecular complexity index is 425. The minimum absolute atomic E-state index is 0.126. The van der Waals surface area contributed by atoms with Gasteiger partial charge in [-0.2, -0.15) is 0 Å². The quantitative estimate of drug-likeness (QED) is 0.679. The molecule has 2 nitrogen and oxygen atoms in total. The van der Waals surface area contributed by atoms with Crippen LogP contribution < -0.4 is 4.74 Å². The maximum absolute atomic E-state index is 6.17. The fourth-order valence-electron chi connectivity index (χ4n) is 3.15.